The average molecular weight is 383 g/mol. The number of carbonyl (C=O) groups excluding carboxylic acids is 2. The van der Waals surface area contributed by atoms with E-state index in [1.54, 1.807) is 36.4 Å². The van der Waals surface area contributed by atoms with Crippen LogP contribution >= 0.6 is 11.6 Å². The first kappa shape index (κ1) is 17.1. The number of hydrogen-bond acceptors (Lipinski definition) is 3. The number of benzene rings is 2. The van der Waals surface area contributed by atoms with Crippen molar-refractivity contribution in [2.45, 2.75) is 12.3 Å². The van der Waals surface area contributed by atoms with Gasteiger partial charge >= 0.3 is 0 Å². The quantitative estimate of drug-likeness (QED) is 0.649. The monoisotopic (exact) mass is 382 g/mol. The van der Waals surface area contributed by atoms with Crippen molar-refractivity contribution in [3.8, 4) is 5.69 Å². The second-order valence-corrected chi connectivity index (χ2v) is 6.61. The molecule has 0 fully saturated rings. The second-order valence-electron chi connectivity index (χ2n) is 6.18. The third kappa shape index (κ3) is 3.24. The molecule has 3 aromatic rings. The molecule has 27 heavy (non-hydrogen) atoms. The van der Waals surface area contributed by atoms with Gasteiger partial charge in [0.05, 0.1) is 17.2 Å². The molecule has 2 amide bonds. The Labute approximate surface area is 158 Å². The summed E-state index contributed by atoms with van der Waals surface area (Å²) in [4.78, 5) is 37.5. The van der Waals surface area contributed by atoms with Crippen molar-refractivity contribution in [3.63, 3.8) is 0 Å². The molecule has 2 heterocycles. The first-order valence-corrected chi connectivity index (χ1v) is 8.67. The van der Waals surface area contributed by atoms with Crippen molar-refractivity contribution in [1.29, 1.82) is 0 Å². The zero-order chi connectivity index (χ0) is 19.0. The number of carbonyl (C=O) groups is 2. The number of halogens is 1. The molecule has 0 unspecified atom stereocenters. The van der Waals surface area contributed by atoms with Gasteiger partial charge in [-0.15, -0.1) is 0 Å². The van der Waals surface area contributed by atoms with E-state index in [0.29, 0.717) is 22.2 Å². The number of aromatic amines is 1. The van der Waals surface area contributed by atoms with Crippen molar-refractivity contribution in [1.82, 2.24) is 9.78 Å². The topological polar surface area (TPSA) is 96.0 Å². The molecule has 0 bridgehead atoms. The zero-order valence-corrected chi connectivity index (χ0v) is 14.8. The minimum Gasteiger partial charge on any atom is -0.326 e. The summed E-state index contributed by atoms with van der Waals surface area (Å²) < 4.78 is 1.48. The Bertz CT molecular complexity index is 1070. The van der Waals surface area contributed by atoms with E-state index in [2.05, 4.69) is 15.7 Å². The van der Waals surface area contributed by atoms with Gasteiger partial charge in [0.25, 0.3) is 5.56 Å². The van der Waals surface area contributed by atoms with Gasteiger partial charge in [0, 0.05) is 17.1 Å². The molecular formula is C19H15ClN4O3. The maximum atomic E-state index is 12.8. The predicted octanol–water partition coefficient (Wildman–Crippen LogP) is 2.88. The van der Waals surface area contributed by atoms with Crippen LogP contribution in [0.1, 0.15) is 17.9 Å². The summed E-state index contributed by atoms with van der Waals surface area (Å²) in [5.41, 5.74) is 1.04. The highest BCUT2D eigenvalue weighted by atomic mass is 35.5. The van der Waals surface area contributed by atoms with Crippen LogP contribution in [-0.2, 0) is 9.59 Å². The minimum absolute atomic E-state index is 0.103. The number of H-pyrrole nitrogens is 1. The molecule has 4 rings (SSSR count). The zero-order valence-electron chi connectivity index (χ0n) is 14.0. The van der Waals surface area contributed by atoms with Gasteiger partial charge in [-0.25, -0.2) is 4.68 Å². The van der Waals surface area contributed by atoms with Crippen molar-refractivity contribution in [3.05, 3.63) is 75.5 Å². The van der Waals surface area contributed by atoms with E-state index in [9.17, 15) is 14.4 Å². The molecule has 0 aliphatic carbocycles. The van der Waals surface area contributed by atoms with Crippen molar-refractivity contribution in [2.24, 2.45) is 0 Å². The van der Waals surface area contributed by atoms with E-state index >= 15 is 0 Å². The second kappa shape index (κ2) is 6.77. The van der Waals surface area contributed by atoms with Gasteiger partial charge in [-0.3, -0.25) is 19.5 Å². The Hall–Kier alpha value is -3.32. The smallest absolute Gasteiger partial charge is 0.270 e. The third-order valence-corrected chi connectivity index (χ3v) is 4.63. The first-order chi connectivity index (χ1) is 13.0. The highest BCUT2D eigenvalue weighted by Gasteiger charge is 2.36. The predicted molar refractivity (Wildman–Crippen MR) is 102 cm³/mol. The number of nitrogens with one attached hydrogen (secondary N) is 3. The fourth-order valence-electron chi connectivity index (χ4n) is 3.12. The summed E-state index contributed by atoms with van der Waals surface area (Å²) in [5.74, 6) is -1.36. The van der Waals surface area contributed by atoms with Gasteiger partial charge in [0.1, 0.15) is 5.82 Å². The lowest BCUT2D eigenvalue weighted by atomic mass is 9.93. The lowest BCUT2D eigenvalue weighted by Crippen LogP contribution is -2.33. The number of aromatic nitrogens is 2. The van der Waals surface area contributed by atoms with E-state index in [4.69, 9.17) is 11.6 Å². The fraction of sp³-hybridized carbons (Fsp3) is 0.105. The molecule has 1 aliphatic rings. The van der Waals surface area contributed by atoms with E-state index in [0.717, 1.165) is 0 Å². The number of amides is 2. The lowest BCUT2D eigenvalue weighted by Gasteiger charge is -2.22. The van der Waals surface area contributed by atoms with Gasteiger partial charge in [0.2, 0.25) is 11.8 Å². The Balaban J connectivity index is 1.72. The molecule has 8 heteroatoms. The maximum Gasteiger partial charge on any atom is 0.270 e. The van der Waals surface area contributed by atoms with Gasteiger partial charge in [-0.1, -0.05) is 29.8 Å². The number of rotatable bonds is 3. The van der Waals surface area contributed by atoms with Crippen LogP contribution in [0.15, 0.2) is 59.4 Å². The van der Waals surface area contributed by atoms with Crippen LogP contribution in [0.3, 0.4) is 0 Å². The average Bonchev–Trinajstić information content (AvgIpc) is 3.00. The summed E-state index contributed by atoms with van der Waals surface area (Å²) in [6.07, 6.45) is -0.103. The standard InChI is InChI=1S/C19H15ClN4O3/c20-11-6-8-12(9-7-11)21-18(26)14-10-15(25)22-17-16(14)19(27)23-24(17)13-4-2-1-3-5-13/h1-9,14H,10H2,(H,21,26)(H,22,25)(H,23,27)/t14-/m0/s1. The van der Waals surface area contributed by atoms with Crippen molar-refractivity contribution >= 4 is 34.9 Å². The molecule has 1 aliphatic heterocycles. The Kier molecular flexibility index (Phi) is 4.29. The third-order valence-electron chi connectivity index (χ3n) is 4.38. The largest absolute Gasteiger partial charge is 0.326 e. The van der Waals surface area contributed by atoms with Gasteiger partial charge in [-0.2, -0.15) is 0 Å². The normalized spacial score (nSPS) is 15.7. The van der Waals surface area contributed by atoms with Gasteiger partial charge in [0.15, 0.2) is 0 Å². The van der Waals surface area contributed by atoms with Crippen molar-refractivity contribution < 1.29 is 9.59 Å². The van der Waals surface area contributed by atoms with E-state index in [1.807, 2.05) is 18.2 Å². The van der Waals surface area contributed by atoms with Crippen LogP contribution in [0.5, 0.6) is 0 Å². The van der Waals surface area contributed by atoms with E-state index in [1.165, 1.54) is 4.68 Å². The molecule has 0 radical (unpaired) electrons. The highest BCUT2D eigenvalue weighted by Crippen LogP contribution is 2.32. The van der Waals surface area contributed by atoms with Gasteiger partial charge < -0.3 is 10.6 Å². The number of fused-ring (bicyclic) bond motifs is 1. The Morgan fingerprint density at radius 2 is 1.78 bits per heavy atom. The fourth-order valence-corrected chi connectivity index (χ4v) is 3.25. The number of hydrogen-bond donors (Lipinski definition) is 3. The van der Waals surface area contributed by atoms with E-state index < -0.39 is 17.4 Å². The molecule has 1 aromatic heterocycles. The van der Waals surface area contributed by atoms with Crippen LogP contribution in [0.2, 0.25) is 5.02 Å². The Morgan fingerprint density at radius 1 is 1.07 bits per heavy atom. The van der Waals surface area contributed by atoms with Crippen LogP contribution in [0, 0.1) is 0 Å². The first-order valence-electron chi connectivity index (χ1n) is 8.29. The summed E-state index contributed by atoms with van der Waals surface area (Å²) in [5, 5.41) is 8.68. The number of para-hydroxylation sites is 1. The number of nitrogens with zero attached hydrogens (tertiary/aromatic N) is 1. The summed E-state index contributed by atoms with van der Waals surface area (Å²) >= 11 is 5.85. The molecule has 7 nitrogen and oxygen atoms in total. The molecular weight excluding hydrogens is 368 g/mol. The minimum atomic E-state index is -0.891. The van der Waals surface area contributed by atoms with Gasteiger partial charge in [-0.05, 0) is 36.4 Å². The SMILES string of the molecule is O=C1C[C@H](C(=O)Nc2ccc(Cl)cc2)c2c(n(-c3ccccc3)[nH]c2=O)N1. The number of anilines is 2. The molecule has 1 atom stereocenters. The summed E-state index contributed by atoms with van der Waals surface area (Å²) in [6.45, 7) is 0. The molecule has 136 valence electrons. The van der Waals surface area contributed by atoms with Crippen LogP contribution in [0.4, 0.5) is 11.5 Å². The lowest BCUT2D eigenvalue weighted by molar-refractivity contribution is -0.123. The van der Waals surface area contributed by atoms with Crippen LogP contribution in [-0.4, -0.2) is 21.6 Å². The molecule has 3 N–H and O–H groups in total. The highest BCUT2D eigenvalue weighted by molar-refractivity contribution is 6.30. The van der Waals surface area contributed by atoms with Crippen LogP contribution in [0.25, 0.3) is 5.69 Å². The molecule has 0 saturated carbocycles. The Morgan fingerprint density at radius 3 is 2.48 bits per heavy atom. The maximum absolute atomic E-state index is 12.8. The molecule has 2 aromatic carbocycles. The van der Waals surface area contributed by atoms with Crippen molar-refractivity contribution in [2.75, 3.05) is 10.6 Å². The van der Waals surface area contributed by atoms with E-state index in [-0.39, 0.29) is 17.9 Å². The van der Waals surface area contributed by atoms with Crippen LogP contribution < -0.4 is 16.2 Å². The summed E-state index contributed by atoms with van der Waals surface area (Å²) in [7, 11) is 0. The molecule has 0 saturated heterocycles. The molecule has 0 spiro atoms. The summed E-state index contributed by atoms with van der Waals surface area (Å²) in [6, 6.07) is 15.7.